The van der Waals surface area contributed by atoms with Crippen molar-refractivity contribution in [2.24, 2.45) is 4.99 Å². The Balaban J connectivity index is 1.89. The van der Waals surface area contributed by atoms with Gasteiger partial charge < -0.3 is 4.90 Å². The molecule has 0 aliphatic carbocycles. The molecule has 22 heavy (non-hydrogen) atoms. The monoisotopic (exact) mass is 368 g/mol. The predicted molar refractivity (Wildman–Crippen MR) is 81.2 cm³/mol. The summed E-state index contributed by atoms with van der Waals surface area (Å²) in [6.45, 7) is 1.04. The van der Waals surface area contributed by atoms with Crippen LogP contribution in [0.4, 0.5) is 13.2 Å². The zero-order valence-electron chi connectivity index (χ0n) is 11.4. The number of rotatable bonds is 2. The van der Waals surface area contributed by atoms with Gasteiger partial charge in [-0.25, -0.2) is 0 Å². The van der Waals surface area contributed by atoms with Crippen LogP contribution in [-0.2, 0) is 12.7 Å². The van der Waals surface area contributed by atoms with Gasteiger partial charge in [0.25, 0.3) is 0 Å². The molecule has 0 aromatic heterocycles. The second-order valence-corrected chi connectivity index (χ2v) is 5.99. The Labute approximate surface area is 133 Å². The Morgan fingerprint density at radius 2 is 1.82 bits per heavy atom. The van der Waals surface area contributed by atoms with Gasteiger partial charge in [-0.1, -0.05) is 28.1 Å². The van der Waals surface area contributed by atoms with E-state index in [1.807, 2.05) is 29.2 Å². The van der Waals surface area contributed by atoms with E-state index in [4.69, 9.17) is 0 Å². The van der Waals surface area contributed by atoms with E-state index in [1.54, 1.807) is 6.20 Å². The highest BCUT2D eigenvalue weighted by Crippen LogP contribution is 2.27. The number of halogens is 4. The number of fused-ring (bicyclic) bond motifs is 1. The maximum absolute atomic E-state index is 12.8. The Hall–Kier alpha value is -1.82. The molecule has 0 saturated carbocycles. The summed E-state index contributed by atoms with van der Waals surface area (Å²) in [6.07, 6.45) is -2.60. The first-order valence-electron chi connectivity index (χ1n) is 6.64. The van der Waals surface area contributed by atoms with Crippen LogP contribution in [0.25, 0.3) is 6.20 Å². The van der Waals surface area contributed by atoms with E-state index in [9.17, 15) is 13.2 Å². The minimum Gasteiger partial charge on any atom is -0.353 e. The smallest absolute Gasteiger partial charge is 0.353 e. The molecule has 0 unspecified atom stereocenters. The van der Waals surface area contributed by atoms with E-state index in [0.29, 0.717) is 23.8 Å². The summed E-state index contributed by atoms with van der Waals surface area (Å²) >= 11 is 3.37. The van der Waals surface area contributed by atoms with Crippen LogP contribution in [0, 0.1) is 0 Å². The van der Waals surface area contributed by atoms with Crippen LogP contribution in [0.3, 0.4) is 0 Å². The molecule has 3 rings (SSSR count). The summed E-state index contributed by atoms with van der Waals surface area (Å²) in [5, 5.41) is 1.10. The lowest BCUT2D eigenvalue weighted by Gasteiger charge is -2.21. The second-order valence-electron chi connectivity index (χ2n) is 5.07. The van der Waals surface area contributed by atoms with E-state index in [-0.39, 0.29) is 0 Å². The molecule has 0 radical (unpaired) electrons. The van der Waals surface area contributed by atoms with Crippen molar-refractivity contribution in [3.8, 4) is 0 Å². The first-order chi connectivity index (χ1) is 10.4. The highest BCUT2D eigenvalue weighted by molar-refractivity contribution is 9.10. The number of hydrogen-bond donors (Lipinski definition) is 0. The van der Waals surface area contributed by atoms with Crippen molar-refractivity contribution < 1.29 is 13.2 Å². The van der Waals surface area contributed by atoms with Crippen LogP contribution >= 0.6 is 15.9 Å². The Morgan fingerprint density at radius 1 is 1.09 bits per heavy atom. The highest BCUT2D eigenvalue weighted by Gasteiger charge is 2.30. The molecular weight excluding hydrogens is 357 g/mol. The molecule has 1 aliphatic heterocycles. The normalized spacial score (nSPS) is 14.1. The van der Waals surface area contributed by atoms with Crippen LogP contribution in [0.15, 0.2) is 51.9 Å². The molecule has 0 spiro atoms. The first-order valence-corrected chi connectivity index (χ1v) is 7.43. The zero-order chi connectivity index (χ0) is 15.7. The van der Waals surface area contributed by atoms with Crippen LogP contribution in [0.1, 0.15) is 11.1 Å². The van der Waals surface area contributed by atoms with Gasteiger partial charge in [0.1, 0.15) is 6.67 Å². The van der Waals surface area contributed by atoms with Gasteiger partial charge in [-0.15, -0.1) is 0 Å². The molecule has 0 bridgehead atoms. The predicted octanol–water partition coefficient (Wildman–Crippen LogP) is 3.30. The maximum Gasteiger partial charge on any atom is 0.416 e. The van der Waals surface area contributed by atoms with Crippen molar-refractivity contribution in [2.45, 2.75) is 12.7 Å². The maximum atomic E-state index is 12.8. The molecule has 0 atom stereocenters. The minimum atomic E-state index is -4.34. The molecule has 2 aromatic carbocycles. The van der Waals surface area contributed by atoms with Crippen LogP contribution in [-0.4, -0.2) is 11.6 Å². The molecule has 0 amide bonds. The number of alkyl halides is 3. The van der Waals surface area contributed by atoms with Crippen LogP contribution in [0.2, 0.25) is 0 Å². The average molecular weight is 369 g/mol. The van der Waals surface area contributed by atoms with E-state index in [1.165, 1.54) is 6.07 Å². The van der Waals surface area contributed by atoms with Crippen molar-refractivity contribution in [2.75, 3.05) is 6.67 Å². The second kappa shape index (κ2) is 5.76. The van der Waals surface area contributed by atoms with Gasteiger partial charge in [-0.05, 0) is 35.9 Å². The number of benzene rings is 2. The largest absolute Gasteiger partial charge is 0.416 e. The summed E-state index contributed by atoms with van der Waals surface area (Å²) < 4.78 is 39.3. The fourth-order valence-corrected chi connectivity index (χ4v) is 2.57. The fourth-order valence-electron chi connectivity index (χ4n) is 2.30. The lowest BCUT2D eigenvalue weighted by Crippen LogP contribution is -2.36. The number of nitrogens with zero attached hydrogens (tertiary/aromatic N) is 2. The summed E-state index contributed by atoms with van der Waals surface area (Å²) in [5.41, 5.74) is 0.424. The third kappa shape index (κ3) is 3.32. The summed E-state index contributed by atoms with van der Waals surface area (Å²) in [6, 6.07) is 11.5. The van der Waals surface area contributed by atoms with Gasteiger partial charge in [0.05, 0.1) is 10.9 Å². The third-order valence-corrected chi connectivity index (χ3v) is 3.93. The van der Waals surface area contributed by atoms with E-state index >= 15 is 0 Å². The lowest BCUT2D eigenvalue weighted by atomic mass is 10.1. The molecule has 0 N–H and O–H groups in total. The lowest BCUT2D eigenvalue weighted by molar-refractivity contribution is -0.137. The molecule has 114 valence electrons. The topological polar surface area (TPSA) is 15.6 Å². The number of hydrogen-bond acceptors (Lipinski definition) is 2. The van der Waals surface area contributed by atoms with Gasteiger partial charge in [0, 0.05) is 22.4 Å². The van der Waals surface area contributed by atoms with E-state index in [0.717, 1.165) is 22.2 Å². The summed E-state index contributed by atoms with van der Waals surface area (Å²) in [4.78, 5) is 6.22. The Morgan fingerprint density at radius 3 is 2.50 bits per heavy atom. The summed E-state index contributed by atoms with van der Waals surface area (Å²) in [7, 11) is 0. The molecular formula is C16H12BrF3N2. The van der Waals surface area contributed by atoms with Gasteiger partial charge in [0.15, 0.2) is 0 Å². The van der Waals surface area contributed by atoms with Gasteiger partial charge in [-0.3, -0.25) is 4.99 Å². The average Bonchev–Trinajstić information content (AvgIpc) is 2.48. The molecule has 2 nitrogen and oxygen atoms in total. The van der Waals surface area contributed by atoms with E-state index < -0.39 is 11.7 Å². The molecule has 1 heterocycles. The SMILES string of the molecule is FC(F)(F)c1ccc2c(c1)=CN(Cc1ccc(Br)cc1)CN=2. The minimum absolute atomic E-state index is 0.439. The molecule has 2 aromatic rings. The van der Waals surface area contributed by atoms with Gasteiger partial charge >= 0.3 is 6.18 Å². The summed E-state index contributed by atoms with van der Waals surface area (Å²) in [5.74, 6) is 0. The van der Waals surface area contributed by atoms with Gasteiger partial charge in [0.2, 0.25) is 0 Å². The molecule has 0 fully saturated rings. The fraction of sp³-hybridized carbons (Fsp3) is 0.188. The highest BCUT2D eigenvalue weighted by atomic mass is 79.9. The third-order valence-electron chi connectivity index (χ3n) is 3.40. The van der Waals surface area contributed by atoms with Gasteiger partial charge in [-0.2, -0.15) is 13.2 Å². The van der Waals surface area contributed by atoms with Crippen molar-refractivity contribution in [3.05, 3.63) is 68.6 Å². The molecule has 6 heteroatoms. The van der Waals surface area contributed by atoms with Crippen molar-refractivity contribution in [1.82, 2.24) is 4.90 Å². The molecule has 1 aliphatic rings. The Bertz CT molecular complexity index is 798. The van der Waals surface area contributed by atoms with Crippen molar-refractivity contribution in [1.29, 1.82) is 0 Å². The molecule has 0 saturated heterocycles. The first kappa shape index (κ1) is 15.1. The quantitative estimate of drug-likeness (QED) is 0.793. The van der Waals surface area contributed by atoms with Crippen molar-refractivity contribution in [3.63, 3.8) is 0 Å². The standard InChI is InChI=1S/C16H12BrF3N2/c17-14-4-1-11(2-5-14)8-22-9-12-7-13(16(18,19)20)3-6-15(12)21-10-22/h1-7,9H,8,10H2. The van der Waals surface area contributed by atoms with E-state index in [2.05, 4.69) is 20.9 Å². The van der Waals surface area contributed by atoms with Crippen molar-refractivity contribution >= 4 is 22.1 Å². The van der Waals surface area contributed by atoms with Crippen LogP contribution in [0.5, 0.6) is 0 Å². The zero-order valence-corrected chi connectivity index (χ0v) is 13.0. The van der Waals surface area contributed by atoms with Crippen LogP contribution < -0.4 is 10.6 Å². The Kier molecular flexibility index (Phi) is 3.95.